The minimum Gasteiger partial charge on any atom is -0.396 e. The summed E-state index contributed by atoms with van der Waals surface area (Å²) in [5.74, 6) is 0. The third-order valence-corrected chi connectivity index (χ3v) is 2.79. The lowest BCUT2D eigenvalue weighted by atomic mass is 9.90. The van der Waals surface area contributed by atoms with Crippen molar-refractivity contribution in [3.8, 4) is 0 Å². The Hall–Kier alpha value is -0.280. The molecule has 0 spiro atoms. The molecule has 0 heterocycles. The van der Waals surface area contributed by atoms with Gasteiger partial charge in [-0.3, -0.25) is 0 Å². The van der Waals surface area contributed by atoms with Crippen molar-refractivity contribution in [2.75, 3.05) is 6.61 Å². The van der Waals surface area contributed by atoms with E-state index >= 15 is 0 Å². The van der Waals surface area contributed by atoms with Crippen LogP contribution >= 0.6 is 23.2 Å². The molecule has 0 saturated heterocycles. The smallest absolute Gasteiger partial charge is 0.0471 e. The van der Waals surface area contributed by atoms with E-state index < -0.39 is 5.54 Å². The highest BCUT2D eigenvalue weighted by Crippen LogP contribution is 2.34. The standard InChI is InChI=1S/C10H13Cl2NO/c1-10(13,5-6-14)9-7(11)3-2-4-8(9)12/h2-4,14H,5-6,13H2,1H3/t10-/m0/s1. The second-order valence-electron chi connectivity index (χ2n) is 3.49. The lowest BCUT2D eigenvalue weighted by molar-refractivity contribution is 0.247. The molecule has 2 nitrogen and oxygen atoms in total. The van der Waals surface area contributed by atoms with Gasteiger partial charge in [-0.15, -0.1) is 0 Å². The summed E-state index contributed by atoms with van der Waals surface area (Å²) in [6.45, 7) is 1.81. The monoisotopic (exact) mass is 233 g/mol. The molecule has 3 N–H and O–H groups in total. The maximum Gasteiger partial charge on any atom is 0.0471 e. The van der Waals surface area contributed by atoms with Crippen LogP contribution in [0.5, 0.6) is 0 Å². The van der Waals surface area contributed by atoms with Gasteiger partial charge in [0.2, 0.25) is 0 Å². The Balaban J connectivity index is 3.17. The van der Waals surface area contributed by atoms with Gasteiger partial charge in [0, 0.05) is 27.8 Å². The van der Waals surface area contributed by atoms with E-state index in [0.29, 0.717) is 22.0 Å². The number of benzene rings is 1. The number of hydrogen-bond acceptors (Lipinski definition) is 2. The Kier molecular flexibility index (Phi) is 3.78. The molecule has 1 aromatic rings. The average Bonchev–Trinajstić information content (AvgIpc) is 2.02. The molecule has 0 unspecified atom stereocenters. The zero-order valence-electron chi connectivity index (χ0n) is 7.93. The molecule has 14 heavy (non-hydrogen) atoms. The Morgan fingerprint density at radius 1 is 1.36 bits per heavy atom. The molecule has 0 radical (unpaired) electrons. The van der Waals surface area contributed by atoms with Crippen molar-refractivity contribution in [1.82, 2.24) is 0 Å². The minimum absolute atomic E-state index is 0.00848. The third-order valence-electron chi connectivity index (χ3n) is 2.17. The number of hydrogen-bond donors (Lipinski definition) is 2. The van der Waals surface area contributed by atoms with Crippen LogP contribution in [0.25, 0.3) is 0 Å². The summed E-state index contributed by atoms with van der Waals surface area (Å²) in [4.78, 5) is 0. The number of nitrogens with two attached hydrogens (primary N) is 1. The highest BCUT2D eigenvalue weighted by molar-refractivity contribution is 6.36. The van der Waals surface area contributed by atoms with Gasteiger partial charge in [0.05, 0.1) is 0 Å². The fraction of sp³-hybridized carbons (Fsp3) is 0.400. The first-order valence-corrected chi connectivity index (χ1v) is 5.09. The van der Waals surface area contributed by atoms with Gasteiger partial charge < -0.3 is 10.8 Å². The summed E-state index contributed by atoms with van der Waals surface area (Å²) in [7, 11) is 0. The van der Waals surface area contributed by atoms with E-state index in [0.717, 1.165) is 0 Å². The van der Waals surface area contributed by atoms with Gasteiger partial charge in [0.1, 0.15) is 0 Å². The Morgan fingerprint density at radius 3 is 2.29 bits per heavy atom. The summed E-state index contributed by atoms with van der Waals surface area (Å²) in [5.41, 5.74) is 6.02. The van der Waals surface area contributed by atoms with Crippen LogP contribution in [-0.2, 0) is 5.54 Å². The molecule has 4 heteroatoms. The normalized spacial score (nSPS) is 15.2. The minimum atomic E-state index is -0.690. The number of aliphatic hydroxyl groups is 1. The highest BCUT2D eigenvalue weighted by Gasteiger charge is 2.25. The highest BCUT2D eigenvalue weighted by atomic mass is 35.5. The molecule has 0 amide bonds. The van der Waals surface area contributed by atoms with Gasteiger partial charge in [0.25, 0.3) is 0 Å². The third kappa shape index (κ3) is 2.39. The number of halogens is 2. The first-order chi connectivity index (χ1) is 6.49. The largest absolute Gasteiger partial charge is 0.396 e. The van der Waals surface area contributed by atoms with Crippen LogP contribution in [0.3, 0.4) is 0 Å². The lowest BCUT2D eigenvalue weighted by Gasteiger charge is -2.26. The molecular formula is C10H13Cl2NO. The Morgan fingerprint density at radius 2 is 1.86 bits per heavy atom. The van der Waals surface area contributed by atoms with E-state index in [1.54, 1.807) is 25.1 Å². The van der Waals surface area contributed by atoms with Crippen LogP contribution in [0.15, 0.2) is 18.2 Å². The van der Waals surface area contributed by atoms with Crippen LogP contribution in [0.1, 0.15) is 18.9 Å². The summed E-state index contributed by atoms with van der Waals surface area (Å²) in [6.07, 6.45) is 0.427. The lowest BCUT2D eigenvalue weighted by Crippen LogP contribution is -2.34. The summed E-state index contributed by atoms with van der Waals surface area (Å²) < 4.78 is 0. The molecule has 0 aromatic heterocycles. The number of aliphatic hydroxyl groups excluding tert-OH is 1. The average molecular weight is 234 g/mol. The van der Waals surface area contributed by atoms with Crippen molar-refractivity contribution in [3.05, 3.63) is 33.8 Å². The van der Waals surface area contributed by atoms with Gasteiger partial charge in [-0.05, 0) is 25.5 Å². The maximum absolute atomic E-state index is 8.88. The molecular weight excluding hydrogens is 221 g/mol. The van der Waals surface area contributed by atoms with Crippen LogP contribution in [0.2, 0.25) is 10.0 Å². The summed E-state index contributed by atoms with van der Waals surface area (Å²) >= 11 is 12.0. The summed E-state index contributed by atoms with van der Waals surface area (Å²) in [6, 6.07) is 5.25. The van der Waals surface area contributed by atoms with E-state index in [4.69, 9.17) is 34.0 Å². The molecule has 0 bridgehead atoms. The van der Waals surface area contributed by atoms with E-state index in [9.17, 15) is 0 Å². The molecule has 0 aliphatic heterocycles. The van der Waals surface area contributed by atoms with Gasteiger partial charge in [0.15, 0.2) is 0 Å². The first kappa shape index (κ1) is 11.8. The second kappa shape index (κ2) is 4.49. The van der Waals surface area contributed by atoms with Gasteiger partial charge in [-0.25, -0.2) is 0 Å². The second-order valence-corrected chi connectivity index (χ2v) is 4.30. The fourth-order valence-corrected chi connectivity index (χ4v) is 2.23. The fourth-order valence-electron chi connectivity index (χ4n) is 1.40. The van der Waals surface area contributed by atoms with E-state index in [-0.39, 0.29) is 6.61 Å². The van der Waals surface area contributed by atoms with E-state index in [1.807, 2.05) is 0 Å². The van der Waals surface area contributed by atoms with Crippen LogP contribution < -0.4 is 5.73 Å². The molecule has 1 atom stereocenters. The predicted octanol–water partition coefficient (Wildman–Crippen LogP) is 2.55. The predicted molar refractivity (Wildman–Crippen MR) is 59.7 cm³/mol. The van der Waals surface area contributed by atoms with Crippen LogP contribution in [-0.4, -0.2) is 11.7 Å². The van der Waals surface area contributed by atoms with Crippen molar-refractivity contribution in [1.29, 1.82) is 0 Å². The van der Waals surface area contributed by atoms with Crippen molar-refractivity contribution in [2.24, 2.45) is 5.73 Å². The maximum atomic E-state index is 8.88. The van der Waals surface area contributed by atoms with Crippen LogP contribution in [0, 0.1) is 0 Å². The van der Waals surface area contributed by atoms with Crippen molar-refractivity contribution < 1.29 is 5.11 Å². The SMILES string of the molecule is C[C@](N)(CCO)c1c(Cl)cccc1Cl. The molecule has 0 aliphatic carbocycles. The van der Waals surface area contributed by atoms with E-state index in [2.05, 4.69) is 0 Å². The van der Waals surface area contributed by atoms with Crippen molar-refractivity contribution in [3.63, 3.8) is 0 Å². The van der Waals surface area contributed by atoms with Crippen molar-refractivity contribution >= 4 is 23.2 Å². The van der Waals surface area contributed by atoms with Gasteiger partial charge in [-0.2, -0.15) is 0 Å². The number of rotatable bonds is 3. The molecule has 0 saturated carbocycles. The molecule has 78 valence electrons. The molecule has 1 rings (SSSR count). The van der Waals surface area contributed by atoms with E-state index in [1.165, 1.54) is 0 Å². The molecule has 1 aromatic carbocycles. The zero-order chi connectivity index (χ0) is 10.8. The van der Waals surface area contributed by atoms with Gasteiger partial charge in [-0.1, -0.05) is 29.3 Å². The topological polar surface area (TPSA) is 46.2 Å². The summed E-state index contributed by atoms with van der Waals surface area (Å²) in [5, 5.41) is 9.95. The Labute approximate surface area is 93.6 Å². The quantitative estimate of drug-likeness (QED) is 0.844. The van der Waals surface area contributed by atoms with Crippen LogP contribution in [0.4, 0.5) is 0 Å². The first-order valence-electron chi connectivity index (χ1n) is 4.33. The van der Waals surface area contributed by atoms with Gasteiger partial charge >= 0.3 is 0 Å². The molecule has 0 fully saturated rings. The molecule has 0 aliphatic rings. The Bertz CT molecular complexity index is 306. The zero-order valence-corrected chi connectivity index (χ0v) is 9.44. The van der Waals surface area contributed by atoms with Crippen molar-refractivity contribution in [2.45, 2.75) is 18.9 Å².